The van der Waals surface area contributed by atoms with Crippen LogP contribution in [0.5, 0.6) is 0 Å². The van der Waals surface area contributed by atoms with Gasteiger partial charge in [0.1, 0.15) is 0 Å². The highest BCUT2D eigenvalue weighted by atomic mass is 32.2. The van der Waals surface area contributed by atoms with E-state index in [2.05, 4.69) is 0 Å². The van der Waals surface area contributed by atoms with Crippen LogP contribution < -0.4 is 0 Å². The van der Waals surface area contributed by atoms with Crippen LogP contribution in [0.15, 0.2) is 53.4 Å². The van der Waals surface area contributed by atoms with E-state index in [9.17, 15) is 18.0 Å². The van der Waals surface area contributed by atoms with Crippen molar-refractivity contribution in [2.45, 2.75) is 36.2 Å². The standard InChI is InChI=1S/C23H24N2O5S/c26-21(17-8-10-18(11-9-17)31(28,29)25-14-3-4-15-25)24-13-5-12-23(16-24)20-7-2-1-6-19(20)22(27)30-23/h1-2,6-11H,3-5,12-16H2. The van der Waals surface area contributed by atoms with E-state index in [1.54, 1.807) is 23.1 Å². The summed E-state index contributed by atoms with van der Waals surface area (Å²) < 4.78 is 32.7. The van der Waals surface area contributed by atoms with Crippen LogP contribution in [-0.2, 0) is 20.4 Å². The molecule has 3 aliphatic heterocycles. The third-order valence-corrected chi connectivity index (χ3v) is 8.38. The number of nitrogens with zero attached hydrogens (tertiary/aromatic N) is 2. The maximum absolute atomic E-state index is 13.2. The molecule has 0 aromatic heterocycles. The van der Waals surface area contributed by atoms with Crippen molar-refractivity contribution in [3.8, 4) is 0 Å². The van der Waals surface area contributed by atoms with Crippen molar-refractivity contribution in [3.05, 3.63) is 65.2 Å². The molecule has 0 saturated carbocycles. The molecule has 1 unspecified atom stereocenters. The summed E-state index contributed by atoms with van der Waals surface area (Å²) in [6.45, 7) is 1.94. The molecule has 3 heterocycles. The van der Waals surface area contributed by atoms with Gasteiger partial charge in [-0.1, -0.05) is 18.2 Å². The molecule has 1 atom stereocenters. The minimum absolute atomic E-state index is 0.190. The number of esters is 1. The van der Waals surface area contributed by atoms with Gasteiger partial charge in [-0.15, -0.1) is 0 Å². The van der Waals surface area contributed by atoms with E-state index >= 15 is 0 Å². The first-order valence-corrected chi connectivity index (χ1v) is 12.1. The van der Waals surface area contributed by atoms with Crippen molar-refractivity contribution in [1.82, 2.24) is 9.21 Å². The molecule has 0 N–H and O–H groups in total. The highest BCUT2D eigenvalue weighted by molar-refractivity contribution is 7.89. The van der Waals surface area contributed by atoms with Gasteiger partial charge in [0.15, 0.2) is 5.60 Å². The fourth-order valence-electron chi connectivity index (χ4n) is 4.87. The summed E-state index contributed by atoms with van der Waals surface area (Å²) in [6, 6.07) is 13.5. The number of hydrogen-bond donors (Lipinski definition) is 0. The van der Waals surface area contributed by atoms with E-state index in [4.69, 9.17) is 4.74 Å². The summed E-state index contributed by atoms with van der Waals surface area (Å²) >= 11 is 0. The fourth-order valence-corrected chi connectivity index (χ4v) is 6.39. The lowest BCUT2D eigenvalue weighted by Gasteiger charge is -2.39. The van der Waals surface area contributed by atoms with Gasteiger partial charge in [0.05, 0.1) is 17.0 Å². The van der Waals surface area contributed by atoms with Gasteiger partial charge in [-0.2, -0.15) is 4.31 Å². The van der Waals surface area contributed by atoms with Crippen molar-refractivity contribution in [3.63, 3.8) is 0 Å². The molecule has 5 rings (SSSR count). The molecule has 2 saturated heterocycles. The number of carbonyl (C=O) groups excluding carboxylic acids is 2. The van der Waals surface area contributed by atoms with Crippen LogP contribution in [0, 0.1) is 0 Å². The van der Waals surface area contributed by atoms with Gasteiger partial charge in [0.2, 0.25) is 10.0 Å². The molecule has 7 nitrogen and oxygen atoms in total. The Morgan fingerprint density at radius 3 is 2.39 bits per heavy atom. The van der Waals surface area contributed by atoms with Crippen molar-refractivity contribution >= 4 is 21.9 Å². The van der Waals surface area contributed by atoms with E-state index in [-0.39, 0.29) is 16.8 Å². The molecule has 1 spiro atoms. The summed E-state index contributed by atoms with van der Waals surface area (Å²) in [5, 5.41) is 0. The minimum atomic E-state index is -3.51. The SMILES string of the molecule is O=C1OC2(CCCN(C(=O)c3ccc(S(=O)(=O)N4CCCC4)cc3)C2)c2ccccc21. The first-order valence-electron chi connectivity index (χ1n) is 10.6. The first-order chi connectivity index (χ1) is 14.9. The Kier molecular flexibility index (Phi) is 4.86. The number of benzene rings is 2. The highest BCUT2D eigenvalue weighted by Crippen LogP contribution is 2.43. The molecule has 3 aliphatic rings. The summed E-state index contributed by atoms with van der Waals surface area (Å²) in [4.78, 5) is 27.4. The van der Waals surface area contributed by atoms with Gasteiger partial charge in [-0.3, -0.25) is 4.79 Å². The van der Waals surface area contributed by atoms with Crippen LogP contribution in [-0.4, -0.2) is 55.7 Å². The zero-order valence-electron chi connectivity index (χ0n) is 17.1. The molecule has 2 aromatic carbocycles. The third kappa shape index (κ3) is 3.34. The maximum atomic E-state index is 13.2. The van der Waals surface area contributed by atoms with Crippen LogP contribution in [0.3, 0.4) is 0 Å². The average molecular weight is 441 g/mol. The summed E-state index contributed by atoms with van der Waals surface area (Å²) in [5.74, 6) is -0.536. The number of ether oxygens (including phenoxy) is 1. The number of fused-ring (bicyclic) bond motifs is 2. The second-order valence-electron chi connectivity index (χ2n) is 8.40. The van der Waals surface area contributed by atoms with Crippen molar-refractivity contribution in [1.29, 1.82) is 0 Å². The molecular weight excluding hydrogens is 416 g/mol. The Labute approximate surface area is 181 Å². The largest absolute Gasteiger partial charge is 0.449 e. The summed E-state index contributed by atoms with van der Waals surface area (Å²) in [7, 11) is -3.51. The smallest absolute Gasteiger partial charge is 0.339 e. The molecule has 0 aliphatic carbocycles. The van der Waals surface area contributed by atoms with Crippen LogP contribution in [0.4, 0.5) is 0 Å². The molecule has 1 amide bonds. The molecule has 0 bridgehead atoms. The van der Waals surface area contributed by atoms with E-state index in [1.165, 1.54) is 16.4 Å². The van der Waals surface area contributed by atoms with Crippen LogP contribution in [0.2, 0.25) is 0 Å². The van der Waals surface area contributed by atoms with Gasteiger partial charge < -0.3 is 9.64 Å². The Morgan fingerprint density at radius 1 is 0.935 bits per heavy atom. The van der Waals surface area contributed by atoms with E-state index in [1.807, 2.05) is 18.2 Å². The molecule has 2 fully saturated rings. The van der Waals surface area contributed by atoms with Crippen LogP contribution in [0.25, 0.3) is 0 Å². The highest BCUT2D eigenvalue weighted by Gasteiger charge is 2.48. The molecule has 162 valence electrons. The number of piperidine rings is 1. The van der Waals surface area contributed by atoms with Gasteiger partial charge in [-0.25, -0.2) is 13.2 Å². The number of carbonyl (C=O) groups is 2. The van der Waals surface area contributed by atoms with Crippen LogP contribution >= 0.6 is 0 Å². The van der Waals surface area contributed by atoms with Crippen molar-refractivity contribution in [2.75, 3.05) is 26.2 Å². The molecular formula is C23H24N2O5S. The molecule has 8 heteroatoms. The predicted octanol–water partition coefficient (Wildman–Crippen LogP) is 2.77. The topological polar surface area (TPSA) is 84.0 Å². The Hall–Kier alpha value is -2.71. The Balaban J connectivity index is 1.37. The number of sulfonamides is 1. The zero-order chi connectivity index (χ0) is 21.6. The monoisotopic (exact) mass is 440 g/mol. The van der Waals surface area contributed by atoms with Crippen LogP contribution in [0.1, 0.15) is 52.0 Å². The number of rotatable bonds is 3. The molecule has 0 radical (unpaired) electrons. The second-order valence-corrected chi connectivity index (χ2v) is 10.3. The predicted molar refractivity (Wildman–Crippen MR) is 113 cm³/mol. The van der Waals surface area contributed by atoms with Gasteiger partial charge in [0.25, 0.3) is 5.91 Å². The number of likely N-dealkylation sites (tertiary alicyclic amines) is 1. The lowest BCUT2D eigenvalue weighted by atomic mass is 9.85. The van der Waals surface area contributed by atoms with E-state index in [0.29, 0.717) is 43.7 Å². The first kappa shape index (κ1) is 20.2. The lowest BCUT2D eigenvalue weighted by molar-refractivity contribution is -0.0442. The molecule has 2 aromatic rings. The third-order valence-electron chi connectivity index (χ3n) is 6.47. The number of hydrogen-bond acceptors (Lipinski definition) is 5. The zero-order valence-corrected chi connectivity index (χ0v) is 17.9. The van der Waals surface area contributed by atoms with E-state index < -0.39 is 15.6 Å². The van der Waals surface area contributed by atoms with Crippen molar-refractivity contribution in [2.24, 2.45) is 0 Å². The number of amides is 1. The minimum Gasteiger partial charge on any atom is -0.449 e. The quantitative estimate of drug-likeness (QED) is 0.686. The second kappa shape index (κ2) is 7.46. The fraction of sp³-hybridized carbons (Fsp3) is 0.391. The van der Waals surface area contributed by atoms with E-state index in [0.717, 1.165) is 24.8 Å². The van der Waals surface area contributed by atoms with Gasteiger partial charge >= 0.3 is 5.97 Å². The Bertz CT molecular complexity index is 1140. The Morgan fingerprint density at radius 2 is 1.65 bits per heavy atom. The molecule has 31 heavy (non-hydrogen) atoms. The summed E-state index contributed by atoms with van der Waals surface area (Å²) in [6.07, 6.45) is 3.14. The van der Waals surface area contributed by atoms with Gasteiger partial charge in [-0.05, 0) is 56.0 Å². The normalized spacial score (nSPS) is 23.7. The van der Waals surface area contributed by atoms with Gasteiger partial charge in [0, 0.05) is 30.8 Å². The lowest BCUT2D eigenvalue weighted by Crippen LogP contribution is -2.48. The average Bonchev–Trinajstić information content (AvgIpc) is 3.42. The summed E-state index contributed by atoms with van der Waals surface area (Å²) in [5.41, 5.74) is 1.02. The maximum Gasteiger partial charge on any atom is 0.339 e. The van der Waals surface area contributed by atoms with Crippen molar-refractivity contribution < 1.29 is 22.7 Å².